The van der Waals surface area contributed by atoms with Gasteiger partial charge in [-0.2, -0.15) is 5.10 Å². The van der Waals surface area contributed by atoms with Crippen LogP contribution in [-0.2, 0) is 11.3 Å². The number of nitrogens with zero attached hydrogens (tertiary/aromatic N) is 3. The maximum absolute atomic E-state index is 12.2. The highest BCUT2D eigenvalue weighted by molar-refractivity contribution is 6.09. The second kappa shape index (κ2) is 4.08. The number of nitrogens with one attached hydrogen (secondary N) is 1. The van der Waals surface area contributed by atoms with Gasteiger partial charge in [-0.15, -0.1) is 0 Å². The number of hydrogen-bond acceptors (Lipinski definition) is 4. The molecule has 0 spiro atoms. The van der Waals surface area contributed by atoms with Crippen LogP contribution in [0.2, 0.25) is 0 Å². The van der Waals surface area contributed by atoms with Crippen LogP contribution in [0.4, 0.5) is 0 Å². The zero-order valence-electron chi connectivity index (χ0n) is 9.55. The molecule has 1 aliphatic carbocycles. The van der Waals surface area contributed by atoms with Crippen molar-refractivity contribution in [2.75, 3.05) is 7.05 Å². The lowest BCUT2D eigenvalue weighted by Crippen LogP contribution is -2.41. The molecular weight excluding hydrogens is 222 g/mol. The summed E-state index contributed by atoms with van der Waals surface area (Å²) in [4.78, 5) is 13.7. The number of oxime groups is 1. The van der Waals surface area contributed by atoms with Crippen molar-refractivity contribution in [3.8, 4) is 0 Å². The maximum atomic E-state index is 12.2. The predicted molar refractivity (Wildman–Crippen MR) is 60.1 cm³/mol. The predicted octanol–water partition coefficient (Wildman–Crippen LogP) is -0.105. The van der Waals surface area contributed by atoms with Gasteiger partial charge in [-0.1, -0.05) is 5.16 Å². The Balaban J connectivity index is 2.05. The standard InChI is InChI=1S/C10H15N5O2/c1-15(6-7-4-12-13-5-7)9(16)10(2-3-10)8(11)14-17/h4-5,17H,2-3,6H2,1H3,(H2,11,14)(H,12,13). The fourth-order valence-corrected chi connectivity index (χ4v) is 1.88. The minimum absolute atomic E-state index is 0.00143. The molecule has 17 heavy (non-hydrogen) atoms. The highest BCUT2D eigenvalue weighted by atomic mass is 16.4. The molecule has 1 amide bonds. The van der Waals surface area contributed by atoms with E-state index in [9.17, 15) is 4.79 Å². The second-order valence-corrected chi connectivity index (χ2v) is 4.34. The Bertz CT molecular complexity index is 436. The quantitative estimate of drug-likeness (QED) is 0.294. The Labute approximate surface area is 98.3 Å². The lowest BCUT2D eigenvalue weighted by atomic mass is 10.0. The number of amidine groups is 1. The first kappa shape index (κ1) is 11.4. The first-order valence-electron chi connectivity index (χ1n) is 5.31. The fourth-order valence-electron chi connectivity index (χ4n) is 1.88. The van der Waals surface area contributed by atoms with Gasteiger partial charge in [0.05, 0.1) is 6.20 Å². The molecule has 0 unspecified atom stereocenters. The van der Waals surface area contributed by atoms with E-state index in [-0.39, 0.29) is 11.7 Å². The molecule has 1 aromatic heterocycles. The smallest absolute Gasteiger partial charge is 0.236 e. The van der Waals surface area contributed by atoms with E-state index in [4.69, 9.17) is 10.9 Å². The monoisotopic (exact) mass is 237 g/mol. The average molecular weight is 237 g/mol. The molecule has 1 fully saturated rings. The number of amides is 1. The number of nitrogens with two attached hydrogens (primary N) is 1. The van der Waals surface area contributed by atoms with E-state index in [0.29, 0.717) is 19.4 Å². The van der Waals surface area contributed by atoms with Crippen LogP contribution < -0.4 is 5.73 Å². The summed E-state index contributed by atoms with van der Waals surface area (Å²) < 4.78 is 0. The maximum Gasteiger partial charge on any atom is 0.236 e. The Morgan fingerprint density at radius 2 is 2.47 bits per heavy atom. The van der Waals surface area contributed by atoms with E-state index in [1.54, 1.807) is 24.3 Å². The summed E-state index contributed by atoms with van der Waals surface area (Å²) in [5, 5.41) is 18.1. The molecule has 0 aliphatic heterocycles. The number of rotatable bonds is 4. The Morgan fingerprint density at radius 3 is 2.94 bits per heavy atom. The molecule has 0 aromatic carbocycles. The van der Waals surface area contributed by atoms with Gasteiger partial charge in [-0.05, 0) is 12.8 Å². The summed E-state index contributed by atoms with van der Waals surface area (Å²) in [5.74, 6) is -0.115. The van der Waals surface area contributed by atoms with Gasteiger partial charge >= 0.3 is 0 Å². The average Bonchev–Trinajstić information content (AvgIpc) is 2.99. The topological polar surface area (TPSA) is 108 Å². The van der Waals surface area contributed by atoms with E-state index in [1.807, 2.05) is 0 Å². The van der Waals surface area contributed by atoms with Gasteiger partial charge in [0.25, 0.3) is 0 Å². The van der Waals surface area contributed by atoms with Gasteiger partial charge < -0.3 is 15.8 Å². The van der Waals surface area contributed by atoms with Crippen LogP contribution in [0.3, 0.4) is 0 Å². The van der Waals surface area contributed by atoms with Crippen molar-refractivity contribution in [2.45, 2.75) is 19.4 Å². The van der Waals surface area contributed by atoms with E-state index in [0.717, 1.165) is 5.56 Å². The first-order chi connectivity index (χ1) is 8.10. The van der Waals surface area contributed by atoms with Crippen LogP contribution in [0, 0.1) is 5.41 Å². The van der Waals surface area contributed by atoms with Gasteiger partial charge in [-0.25, -0.2) is 0 Å². The molecule has 2 rings (SSSR count). The number of hydrogen-bond donors (Lipinski definition) is 3. The molecule has 92 valence electrons. The molecule has 4 N–H and O–H groups in total. The summed E-state index contributed by atoms with van der Waals surface area (Å²) in [5.41, 5.74) is 5.69. The number of aromatic nitrogens is 2. The normalized spacial score (nSPS) is 17.8. The van der Waals surface area contributed by atoms with Crippen LogP contribution in [0.5, 0.6) is 0 Å². The molecule has 7 heteroatoms. The Hall–Kier alpha value is -2.05. The summed E-state index contributed by atoms with van der Waals surface area (Å²) in [6, 6.07) is 0. The van der Waals surface area contributed by atoms with Crippen molar-refractivity contribution in [3.63, 3.8) is 0 Å². The highest BCUT2D eigenvalue weighted by Crippen LogP contribution is 2.47. The van der Waals surface area contributed by atoms with E-state index in [2.05, 4.69) is 15.4 Å². The number of H-pyrrole nitrogens is 1. The van der Waals surface area contributed by atoms with E-state index >= 15 is 0 Å². The highest BCUT2D eigenvalue weighted by Gasteiger charge is 2.55. The SMILES string of the molecule is CN(Cc1cn[nH]c1)C(=O)C1(C(N)=NO)CC1. The van der Waals surface area contributed by atoms with Crippen molar-refractivity contribution in [1.82, 2.24) is 15.1 Å². The number of aromatic amines is 1. The summed E-state index contributed by atoms with van der Waals surface area (Å²) in [7, 11) is 1.69. The molecule has 7 nitrogen and oxygen atoms in total. The van der Waals surface area contributed by atoms with Crippen LogP contribution >= 0.6 is 0 Å². The zero-order valence-corrected chi connectivity index (χ0v) is 9.55. The third-order valence-electron chi connectivity index (χ3n) is 3.08. The molecule has 0 bridgehead atoms. The van der Waals surface area contributed by atoms with Crippen LogP contribution in [0.25, 0.3) is 0 Å². The first-order valence-corrected chi connectivity index (χ1v) is 5.31. The summed E-state index contributed by atoms with van der Waals surface area (Å²) >= 11 is 0. The summed E-state index contributed by atoms with van der Waals surface area (Å²) in [6.07, 6.45) is 4.66. The zero-order chi connectivity index (χ0) is 12.5. The molecule has 1 aromatic rings. The van der Waals surface area contributed by atoms with Crippen molar-refractivity contribution < 1.29 is 10.0 Å². The number of carbonyl (C=O) groups excluding carboxylic acids is 1. The summed E-state index contributed by atoms with van der Waals surface area (Å²) in [6.45, 7) is 0.454. The second-order valence-electron chi connectivity index (χ2n) is 4.34. The van der Waals surface area contributed by atoms with Crippen molar-refractivity contribution in [3.05, 3.63) is 18.0 Å². The molecule has 0 saturated heterocycles. The van der Waals surface area contributed by atoms with Crippen LogP contribution in [0.15, 0.2) is 17.5 Å². The van der Waals surface area contributed by atoms with Gasteiger partial charge in [0.1, 0.15) is 5.41 Å². The number of carbonyl (C=O) groups is 1. The lowest BCUT2D eigenvalue weighted by Gasteiger charge is -2.22. The minimum atomic E-state index is -0.784. The van der Waals surface area contributed by atoms with Gasteiger partial charge in [0.2, 0.25) is 5.91 Å². The van der Waals surface area contributed by atoms with Gasteiger partial charge in [0, 0.05) is 25.4 Å². The lowest BCUT2D eigenvalue weighted by molar-refractivity contribution is -0.133. The minimum Gasteiger partial charge on any atom is -0.409 e. The van der Waals surface area contributed by atoms with E-state index < -0.39 is 5.41 Å². The largest absolute Gasteiger partial charge is 0.409 e. The molecular formula is C10H15N5O2. The van der Waals surface area contributed by atoms with Crippen molar-refractivity contribution >= 4 is 11.7 Å². The van der Waals surface area contributed by atoms with Crippen LogP contribution in [0.1, 0.15) is 18.4 Å². The van der Waals surface area contributed by atoms with Crippen LogP contribution in [-0.4, -0.2) is 39.1 Å². The third kappa shape index (κ3) is 1.95. The molecule has 0 atom stereocenters. The van der Waals surface area contributed by atoms with E-state index in [1.165, 1.54) is 0 Å². The molecule has 1 aliphatic rings. The fraction of sp³-hybridized carbons (Fsp3) is 0.500. The van der Waals surface area contributed by atoms with Crippen molar-refractivity contribution in [2.24, 2.45) is 16.3 Å². The third-order valence-corrected chi connectivity index (χ3v) is 3.08. The Morgan fingerprint density at radius 1 is 1.76 bits per heavy atom. The van der Waals surface area contributed by atoms with Gasteiger partial charge in [0.15, 0.2) is 5.84 Å². The molecule has 0 radical (unpaired) electrons. The van der Waals surface area contributed by atoms with Crippen molar-refractivity contribution in [1.29, 1.82) is 0 Å². The van der Waals surface area contributed by atoms with Gasteiger partial charge in [-0.3, -0.25) is 9.89 Å². The Kier molecular flexibility index (Phi) is 2.74. The molecule has 1 heterocycles. The molecule has 1 saturated carbocycles.